The zero-order valence-corrected chi connectivity index (χ0v) is 21.4. The summed E-state index contributed by atoms with van der Waals surface area (Å²) in [6.07, 6.45) is 4.50. The number of fused-ring (bicyclic) bond motifs is 1. The molecule has 1 atom stereocenters. The van der Waals surface area contributed by atoms with Gasteiger partial charge >= 0.3 is 0 Å². The van der Waals surface area contributed by atoms with Gasteiger partial charge in [0.15, 0.2) is 5.82 Å². The van der Waals surface area contributed by atoms with Gasteiger partial charge in [-0.1, -0.05) is 37.1 Å². The van der Waals surface area contributed by atoms with Crippen molar-refractivity contribution >= 4 is 16.6 Å². The van der Waals surface area contributed by atoms with Gasteiger partial charge in [0.25, 0.3) is 5.56 Å². The zero-order chi connectivity index (χ0) is 25.4. The number of hydrogen-bond acceptors (Lipinski definition) is 7. The first-order chi connectivity index (χ1) is 18.1. The van der Waals surface area contributed by atoms with E-state index in [9.17, 15) is 4.79 Å². The Morgan fingerprint density at radius 3 is 2.59 bits per heavy atom. The first kappa shape index (κ1) is 23.7. The number of rotatable bonds is 6. The van der Waals surface area contributed by atoms with Crippen molar-refractivity contribution in [3.05, 3.63) is 75.8 Å². The topological polar surface area (TPSA) is 92.2 Å². The number of aromatic nitrogens is 5. The van der Waals surface area contributed by atoms with Gasteiger partial charge in [0.2, 0.25) is 0 Å². The van der Waals surface area contributed by atoms with E-state index < -0.39 is 0 Å². The molecule has 9 nitrogen and oxygen atoms in total. The molecule has 2 aliphatic rings. The van der Waals surface area contributed by atoms with E-state index in [0.29, 0.717) is 5.56 Å². The Morgan fingerprint density at radius 2 is 1.81 bits per heavy atom. The summed E-state index contributed by atoms with van der Waals surface area (Å²) in [6, 6.07) is 16.3. The van der Waals surface area contributed by atoms with Crippen molar-refractivity contribution < 1.29 is 4.74 Å². The maximum atomic E-state index is 13.5. The SMILES string of the molecule is COc1ccccc1N1CCN([C@@H](c2cc3ccc(C)cc3[nH]c2=O)c2nnnn2C2CCCC2)CC1. The second-order valence-electron chi connectivity index (χ2n) is 10.2. The highest BCUT2D eigenvalue weighted by atomic mass is 16.5. The van der Waals surface area contributed by atoms with Gasteiger partial charge in [-0.15, -0.1) is 5.10 Å². The smallest absolute Gasteiger partial charge is 0.253 e. The highest BCUT2D eigenvalue weighted by Gasteiger charge is 2.35. The number of nitrogens with zero attached hydrogens (tertiary/aromatic N) is 6. The Balaban J connectivity index is 1.38. The van der Waals surface area contributed by atoms with Crippen LogP contribution in [0.4, 0.5) is 5.69 Å². The third-order valence-electron chi connectivity index (χ3n) is 7.86. The summed E-state index contributed by atoms with van der Waals surface area (Å²) < 4.78 is 7.60. The highest BCUT2D eigenvalue weighted by Crippen LogP contribution is 2.35. The summed E-state index contributed by atoms with van der Waals surface area (Å²) in [5.74, 6) is 1.63. The van der Waals surface area contributed by atoms with Gasteiger partial charge in [-0.2, -0.15) is 0 Å². The second kappa shape index (κ2) is 9.97. The van der Waals surface area contributed by atoms with Crippen LogP contribution in [0, 0.1) is 6.92 Å². The second-order valence-corrected chi connectivity index (χ2v) is 10.2. The fourth-order valence-electron chi connectivity index (χ4n) is 5.94. The van der Waals surface area contributed by atoms with Crippen LogP contribution in [-0.4, -0.2) is 63.4 Å². The van der Waals surface area contributed by atoms with E-state index in [1.807, 2.05) is 41.9 Å². The van der Waals surface area contributed by atoms with Crippen molar-refractivity contribution in [1.82, 2.24) is 30.1 Å². The van der Waals surface area contributed by atoms with E-state index in [-0.39, 0.29) is 17.6 Å². The Bertz CT molecular complexity index is 1450. The molecule has 9 heteroatoms. The van der Waals surface area contributed by atoms with Crippen LogP contribution in [0.2, 0.25) is 0 Å². The molecule has 2 aromatic carbocycles. The third kappa shape index (κ3) is 4.48. The Hall–Kier alpha value is -3.72. The normalized spacial score (nSPS) is 17.9. The molecule has 6 rings (SSSR count). The molecule has 1 saturated carbocycles. The minimum atomic E-state index is -0.329. The van der Waals surface area contributed by atoms with Gasteiger partial charge in [-0.05, 0) is 65.4 Å². The van der Waals surface area contributed by atoms with Crippen LogP contribution in [-0.2, 0) is 0 Å². The van der Waals surface area contributed by atoms with Crippen LogP contribution in [0.25, 0.3) is 10.9 Å². The monoisotopic (exact) mass is 499 g/mol. The number of tetrazole rings is 1. The standard InChI is InChI=1S/C28H33N7O2/c1-19-11-12-20-18-22(28(36)29-23(20)17-19)26(27-30-31-32-35(27)21-7-3-4-8-21)34-15-13-33(14-16-34)24-9-5-6-10-25(24)37-2/h5-6,9-12,17-18,21,26H,3-4,7-8,13-16H2,1-2H3,(H,29,36)/t26-/m0/s1. The van der Waals surface area contributed by atoms with Crippen LogP contribution in [0.1, 0.15) is 54.7 Å². The van der Waals surface area contributed by atoms with Gasteiger partial charge in [0.1, 0.15) is 11.8 Å². The molecule has 1 aliphatic heterocycles. The molecule has 2 aromatic heterocycles. The van der Waals surface area contributed by atoms with Crippen molar-refractivity contribution in [3.63, 3.8) is 0 Å². The summed E-state index contributed by atoms with van der Waals surface area (Å²) in [5, 5.41) is 14.0. The van der Waals surface area contributed by atoms with E-state index >= 15 is 0 Å². The summed E-state index contributed by atoms with van der Waals surface area (Å²) in [6.45, 7) is 5.20. The molecule has 0 bridgehead atoms. The third-order valence-corrected chi connectivity index (χ3v) is 7.86. The summed E-state index contributed by atoms with van der Waals surface area (Å²) in [7, 11) is 1.71. The molecule has 0 amide bonds. The lowest BCUT2D eigenvalue weighted by Gasteiger charge is -2.40. The number of aromatic amines is 1. The molecule has 0 radical (unpaired) electrons. The molecule has 4 aromatic rings. The summed E-state index contributed by atoms with van der Waals surface area (Å²) in [5.41, 5.74) is 3.66. The molecule has 0 spiro atoms. The average molecular weight is 500 g/mol. The van der Waals surface area contributed by atoms with E-state index in [1.165, 1.54) is 12.8 Å². The number of nitrogens with one attached hydrogen (secondary N) is 1. The van der Waals surface area contributed by atoms with E-state index in [1.54, 1.807) is 7.11 Å². The zero-order valence-electron chi connectivity index (χ0n) is 21.4. The number of hydrogen-bond donors (Lipinski definition) is 1. The average Bonchev–Trinajstić information content (AvgIpc) is 3.62. The molecule has 1 N–H and O–H groups in total. The van der Waals surface area contributed by atoms with Gasteiger partial charge in [-0.3, -0.25) is 9.69 Å². The van der Waals surface area contributed by atoms with Crippen LogP contribution >= 0.6 is 0 Å². The number of piperazine rings is 1. The lowest BCUT2D eigenvalue weighted by Crippen LogP contribution is -2.49. The molecule has 192 valence electrons. The van der Waals surface area contributed by atoms with Gasteiger partial charge in [-0.25, -0.2) is 4.68 Å². The van der Waals surface area contributed by atoms with E-state index in [4.69, 9.17) is 4.74 Å². The first-order valence-corrected chi connectivity index (χ1v) is 13.2. The molecule has 2 fully saturated rings. The molecule has 1 aliphatic carbocycles. The molecule has 0 unspecified atom stereocenters. The number of methoxy groups -OCH3 is 1. The van der Waals surface area contributed by atoms with Crippen LogP contribution in [0.3, 0.4) is 0 Å². The van der Waals surface area contributed by atoms with Crippen molar-refractivity contribution in [2.24, 2.45) is 0 Å². The van der Waals surface area contributed by atoms with Crippen molar-refractivity contribution in [1.29, 1.82) is 0 Å². The Kier molecular flexibility index (Phi) is 6.38. The summed E-state index contributed by atoms with van der Waals surface area (Å²) in [4.78, 5) is 21.4. The fourth-order valence-corrected chi connectivity index (χ4v) is 5.94. The predicted molar refractivity (Wildman–Crippen MR) is 143 cm³/mol. The minimum Gasteiger partial charge on any atom is -0.495 e. The van der Waals surface area contributed by atoms with Crippen molar-refractivity contribution in [2.45, 2.75) is 44.7 Å². The minimum absolute atomic E-state index is 0.0868. The molecule has 1 saturated heterocycles. The molecule has 3 heterocycles. The van der Waals surface area contributed by atoms with Crippen LogP contribution in [0.15, 0.2) is 53.3 Å². The quantitative estimate of drug-likeness (QED) is 0.431. The highest BCUT2D eigenvalue weighted by molar-refractivity contribution is 5.79. The number of benzene rings is 2. The number of H-pyrrole nitrogens is 1. The lowest BCUT2D eigenvalue weighted by atomic mass is 10.0. The molecular weight excluding hydrogens is 466 g/mol. The number of para-hydroxylation sites is 2. The van der Waals surface area contributed by atoms with Gasteiger partial charge in [0.05, 0.1) is 18.8 Å². The van der Waals surface area contributed by atoms with Crippen molar-refractivity contribution in [3.8, 4) is 5.75 Å². The van der Waals surface area contributed by atoms with Gasteiger partial charge in [0, 0.05) is 37.3 Å². The number of aryl methyl sites for hydroxylation is 1. The number of ether oxygens (including phenoxy) is 1. The number of pyridine rings is 1. The lowest BCUT2D eigenvalue weighted by molar-refractivity contribution is 0.196. The maximum Gasteiger partial charge on any atom is 0.253 e. The largest absolute Gasteiger partial charge is 0.495 e. The van der Waals surface area contributed by atoms with Crippen LogP contribution < -0.4 is 15.2 Å². The summed E-state index contributed by atoms with van der Waals surface area (Å²) >= 11 is 0. The Labute approximate surface area is 216 Å². The molecular formula is C28H33N7O2. The Morgan fingerprint density at radius 1 is 1.03 bits per heavy atom. The van der Waals surface area contributed by atoms with Gasteiger partial charge < -0.3 is 14.6 Å². The fraction of sp³-hybridized carbons (Fsp3) is 0.429. The van der Waals surface area contributed by atoms with E-state index in [2.05, 4.69) is 48.5 Å². The number of anilines is 1. The van der Waals surface area contributed by atoms with Crippen molar-refractivity contribution in [2.75, 3.05) is 38.2 Å². The molecule has 37 heavy (non-hydrogen) atoms. The first-order valence-electron chi connectivity index (χ1n) is 13.2. The predicted octanol–water partition coefficient (Wildman–Crippen LogP) is 3.86. The van der Waals surface area contributed by atoms with Crippen LogP contribution in [0.5, 0.6) is 5.75 Å². The van der Waals surface area contributed by atoms with E-state index in [0.717, 1.165) is 72.7 Å². The maximum absolute atomic E-state index is 13.5.